The van der Waals surface area contributed by atoms with Crippen molar-refractivity contribution in [2.24, 2.45) is 0 Å². The zero-order chi connectivity index (χ0) is 6.57. The minimum Gasteiger partial charge on any atom is -0.769 e. The van der Waals surface area contributed by atoms with E-state index in [0.717, 1.165) is 0 Å². The first-order valence-electron chi connectivity index (χ1n) is 2.24. The van der Waals surface area contributed by atoms with E-state index in [2.05, 4.69) is 13.5 Å². The van der Waals surface area contributed by atoms with Crippen molar-refractivity contribution in [3.8, 4) is 0 Å². The molecule has 3 heteroatoms. The summed E-state index contributed by atoms with van der Waals surface area (Å²) in [4.78, 5) is 0.236. The molecule has 0 saturated carbocycles. The second-order valence-electron chi connectivity index (χ2n) is 1.38. The predicted octanol–water partition coefficient (Wildman–Crippen LogP) is 0.993. The van der Waals surface area contributed by atoms with Crippen molar-refractivity contribution in [3.05, 3.63) is 18.4 Å². The van der Waals surface area contributed by atoms with Crippen LogP contribution in [0.15, 0.2) is 11.5 Å². The van der Waals surface area contributed by atoms with Gasteiger partial charge in [-0.1, -0.05) is 6.58 Å². The standard InChI is InChI=1S/C5H8O2S/c1-3-4-5(2)8(6)7/h1-4H2. The lowest BCUT2D eigenvalue weighted by Crippen LogP contribution is -1.89. The summed E-state index contributed by atoms with van der Waals surface area (Å²) in [5.41, 5.74) is 0. The molecule has 0 aromatic carbocycles. The summed E-state index contributed by atoms with van der Waals surface area (Å²) in [6, 6.07) is 0. The Morgan fingerprint density at radius 2 is 2.38 bits per heavy atom. The number of hydrogen-bond donors (Lipinski definition) is 0. The Balaban J connectivity index is 3.49. The van der Waals surface area contributed by atoms with Crippen LogP contribution in [-0.4, -0.2) is 8.76 Å². The molecule has 1 atom stereocenters. The lowest BCUT2D eigenvalue weighted by atomic mass is 10.3. The monoisotopic (exact) mass is 132 g/mol. The summed E-state index contributed by atoms with van der Waals surface area (Å²) in [6.45, 7) is 6.77. The van der Waals surface area contributed by atoms with E-state index >= 15 is 0 Å². The number of rotatable bonds is 3. The topological polar surface area (TPSA) is 40.1 Å². The third-order valence-corrected chi connectivity index (χ3v) is 1.37. The maximum Gasteiger partial charge on any atom is 0.0896 e. The van der Waals surface area contributed by atoms with Gasteiger partial charge in [-0.3, -0.25) is 4.21 Å². The van der Waals surface area contributed by atoms with Crippen LogP contribution in [0, 0.1) is 6.92 Å². The summed E-state index contributed by atoms with van der Waals surface area (Å²) in [7, 11) is 0. The fourth-order valence-electron chi connectivity index (χ4n) is 0.281. The van der Waals surface area contributed by atoms with E-state index in [9.17, 15) is 8.76 Å². The molecule has 0 aliphatic heterocycles. The largest absolute Gasteiger partial charge is 0.769 e. The van der Waals surface area contributed by atoms with E-state index in [0.29, 0.717) is 12.8 Å². The molecular weight excluding hydrogens is 124 g/mol. The van der Waals surface area contributed by atoms with Crippen molar-refractivity contribution in [1.29, 1.82) is 0 Å². The first-order chi connectivity index (χ1) is 3.68. The molecule has 0 spiro atoms. The summed E-state index contributed by atoms with van der Waals surface area (Å²) in [5.74, 6) is 0. The molecule has 0 amide bonds. The van der Waals surface area contributed by atoms with Crippen molar-refractivity contribution in [3.63, 3.8) is 0 Å². The van der Waals surface area contributed by atoms with Crippen molar-refractivity contribution in [1.82, 2.24) is 0 Å². The van der Waals surface area contributed by atoms with Crippen LogP contribution < -0.4 is 0 Å². The van der Waals surface area contributed by atoms with E-state index in [1.165, 1.54) is 0 Å². The second-order valence-corrected chi connectivity index (χ2v) is 2.42. The van der Waals surface area contributed by atoms with E-state index in [4.69, 9.17) is 0 Å². The van der Waals surface area contributed by atoms with Crippen LogP contribution in [0.25, 0.3) is 0 Å². The quantitative estimate of drug-likeness (QED) is 0.424. The molecule has 0 aromatic heterocycles. The molecule has 46 valence electrons. The Kier molecular flexibility index (Phi) is 3.56. The van der Waals surface area contributed by atoms with E-state index in [-0.39, 0.29) is 4.91 Å². The maximum absolute atomic E-state index is 9.96. The predicted molar refractivity (Wildman–Crippen MR) is 32.7 cm³/mol. The summed E-state index contributed by atoms with van der Waals surface area (Å²) in [6.07, 6.45) is 1.06. The van der Waals surface area contributed by atoms with Gasteiger partial charge < -0.3 is 4.55 Å². The van der Waals surface area contributed by atoms with E-state index in [1.54, 1.807) is 0 Å². The Hall–Kier alpha value is -0.280. The molecule has 0 radical (unpaired) electrons. The third-order valence-electron chi connectivity index (χ3n) is 0.691. The van der Waals surface area contributed by atoms with E-state index < -0.39 is 11.1 Å². The summed E-state index contributed by atoms with van der Waals surface area (Å²) < 4.78 is 19.9. The van der Waals surface area contributed by atoms with Crippen molar-refractivity contribution < 1.29 is 8.76 Å². The normalized spacial score (nSPS) is 13.1. The Labute approximate surface area is 51.9 Å². The molecule has 0 heterocycles. The lowest BCUT2D eigenvalue weighted by molar-refractivity contribution is 0.542. The van der Waals surface area contributed by atoms with Crippen LogP contribution in [-0.2, 0) is 11.1 Å². The average Bonchev–Trinajstić information content (AvgIpc) is 1.67. The van der Waals surface area contributed by atoms with Gasteiger partial charge in [-0.15, -0.1) is 0 Å². The highest BCUT2D eigenvalue weighted by atomic mass is 32.2. The van der Waals surface area contributed by atoms with Crippen molar-refractivity contribution in [2.45, 2.75) is 12.8 Å². The third kappa shape index (κ3) is 2.82. The number of hydrogen-bond acceptors (Lipinski definition) is 2. The Morgan fingerprint density at radius 1 is 1.88 bits per heavy atom. The van der Waals surface area contributed by atoms with Gasteiger partial charge in [0.1, 0.15) is 0 Å². The highest BCUT2D eigenvalue weighted by molar-refractivity contribution is 7.83. The molecule has 0 aromatic rings. The molecule has 0 aliphatic carbocycles. The van der Waals surface area contributed by atoms with Gasteiger partial charge in [0.15, 0.2) is 0 Å². The average molecular weight is 132 g/mol. The van der Waals surface area contributed by atoms with Crippen LogP contribution in [0.1, 0.15) is 12.8 Å². The van der Waals surface area contributed by atoms with Gasteiger partial charge in [-0.2, -0.15) is 0 Å². The Morgan fingerprint density at radius 3 is 2.50 bits per heavy atom. The zero-order valence-corrected chi connectivity index (χ0v) is 5.37. The molecular formula is C5H8O2S. The molecule has 0 saturated heterocycles. The SMILES string of the molecule is C=C(CC[CH2+])S(=O)[O-]. The highest BCUT2D eigenvalue weighted by Crippen LogP contribution is 2.02. The molecule has 0 bridgehead atoms. The molecule has 0 aliphatic rings. The first-order valence-corrected chi connectivity index (χ1v) is 3.32. The smallest absolute Gasteiger partial charge is 0.0896 e. The fraction of sp³-hybridized carbons (Fsp3) is 0.400. The van der Waals surface area contributed by atoms with Crippen LogP contribution >= 0.6 is 0 Å². The summed E-state index contributed by atoms with van der Waals surface area (Å²) in [5, 5.41) is 0. The minimum atomic E-state index is -2.09. The maximum atomic E-state index is 9.96. The van der Waals surface area contributed by atoms with Gasteiger partial charge in [-0.05, 0) is 16.0 Å². The highest BCUT2D eigenvalue weighted by Gasteiger charge is 1.91. The van der Waals surface area contributed by atoms with Crippen molar-refractivity contribution >= 4 is 11.1 Å². The lowest BCUT2D eigenvalue weighted by Gasteiger charge is -2.03. The second kappa shape index (κ2) is 3.69. The van der Waals surface area contributed by atoms with Gasteiger partial charge in [0, 0.05) is 6.42 Å². The van der Waals surface area contributed by atoms with Crippen LogP contribution in [0.3, 0.4) is 0 Å². The van der Waals surface area contributed by atoms with Gasteiger partial charge >= 0.3 is 0 Å². The van der Waals surface area contributed by atoms with Gasteiger partial charge in [0.05, 0.1) is 13.3 Å². The van der Waals surface area contributed by atoms with Gasteiger partial charge in [-0.25, -0.2) is 0 Å². The molecule has 0 rings (SSSR count). The number of allylic oxidation sites excluding steroid dienone is 1. The minimum absolute atomic E-state index is 0.236. The molecule has 0 N–H and O–H groups in total. The van der Waals surface area contributed by atoms with E-state index in [1.807, 2.05) is 0 Å². The van der Waals surface area contributed by atoms with Gasteiger partial charge in [0.25, 0.3) is 0 Å². The molecule has 2 nitrogen and oxygen atoms in total. The Bertz CT molecular complexity index is 109. The van der Waals surface area contributed by atoms with Crippen LogP contribution in [0.2, 0.25) is 0 Å². The molecule has 0 fully saturated rings. The molecule has 1 unspecified atom stereocenters. The summed E-state index contributed by atoms with van der Waals surface area (Å²) >= 11 is -2.09. The van der Waals surface area contributed by atoms with Crippen LogP contribution in [0.5, 0.6) is 0 Å². The first kappa shape index (κ1) is 7.72. The fourth-order valence-corrected chi connectivity index (χ4v) is 0.592. The molecule has 8 heavy (non-hydrogen) atoms. The van der Waals surface area contributed by atoms with Gasteiger partial charge in [0.2, 0.25) is 0 Å². The van der Waals surface area contributed by atoms with Crippen molar-refractivity contribution in [2.75, 3.05) is 0 Å². The van der Waals surface area contributed by atoms with Crippen LogP contribution in [0.4, 0.5) is 0 Å². The zero-order valence-electron chi connectivity index (χ0n) is 4.55.